The molecule has 0 fully saturated rings. The molecule has 31 heavy (non-hydrogen) atoms. The van der Waals surface area contributed by atoms with Gasteiger partial charge in [-0.05, 0) is 55.8 Å². The van der Waals surface area contributed by atoms with Gasteiger partial charge in [0.15, 0.2) is 6.61 Å². The summed E-state index contributed by atoms with van der Waals surface area (Å²) in [5.74, 6) is -1.87. The fourth-order valence-electron chi connectivity index (χ4n) is 2.30. The van der Waals surface area contributed by atoms with Gasteiger partial charge in [-0.25, -0.2) is 9.59 Å². The normalized spacial score (nSPS) is 10.2. The number of hydrazine groups is 1. The standard InChI is InChI=1S/C21H23BrN4O5/c1-13(2)24-21(30)23-11-14-3-5-16(6-4-14)20(29)31-12-18(27)25-26-19(28)15-7-9-17(22)10-8-15/h3-10,13H,11-12H2,1-2H3,(H,25,27)(H,26,28)(H2,23,24,30). The molecule has 4 N–H and O–H groups in total. The van der Waals surface area contributed by atoms with Crippen molar-refractivity contribution in [1.29, 1.82) is 0 Å². The molecule has 2 aromatic rings. The maximum absolute atomic E-state index is 12.1. The van der Waals surface area contributed by atoms with Gasteiger partial charge in [0.25, 0.3) is 11.8 Å². The molecule has 2 aromatic carbocycles. The van der Waals surface area contributed by atoms with Gasteiger partial charge in [0.1, 0.15) is 0 Å². The summed E-state index contributed by atoms with van der Waals surface area (Å²) in [7, 11) is 0. The van der Waals surface area contributed by atoms with E-state index in [2.05, 4.69) is 37.4 Å². The molecule has 0 heterocycles. The maximum atomic E-state index is 12.1. The molecule has 2 rings (SSSR count). The van der Waals surface area contributed by atoms with Gasteiger partial charge < -0.3 is 15.4 Å². The quantitative estimate of drug-likeness (QED) is 0.349. The lowest BCUT2D eigenvalue weighted by Crippen LogP contribution is -2.43. The first kappa shape index (κ1) is 23.9. The number of nitrogens with one attached hydrogen (secondary N) is 4. The predicted molar refractivity (Wildman–Crippen MR) is 117 cm³/mol. The molecule has 9 nitrogen and oxygen atoms in total. The Balaban J connectivity index is 1.73. The lowest BCUT2D eigenvalue weighted by Gasteiger charge is -2.10. The number of hydrogen-bond donors (Lipinski definition) is 4. The first-order valence-corrected chi connectivity index (χ1v) is 10.2. The van der Waals surface area contributed by atoms with Crippen LogP contribution in [0.2, 0.25) is 0 Å². The highest BCUT2D eigenvalue weighted by molar-refractivity contribution is 9.10. The highest BCUT2D eigenvalue weighted by atomic mass is 79.9. The molecule has 0 unspecified atom stereocenters. The second kappa shape index (κ2) is 11.7. The van der Waals surface area contributed by atoms with Crippen LogP contribution in [0.25, 0.3) is 0 Å². The Morgan fingerprint density at radius 1 is 0.903 bits per heavy atom. The van der Waals surface area contributed by atoms with Crippen LogP contribution in [-0.4, -0.2) is 36.5 Å². The summed E-state index contributed by atoms with van der Waals surface area (Å²) in [6, 6.07) is 12.7. The second-order valence-electron chi connectivity index (χ2n) is 6.76. The van der Waals surface area contributed by atoms with Crippen LogP contribution in [0.5, 0.6) is 0 Å². The first-order valence-electron chi connectivity index (χ1n) is 9.40. The van der Waals surface area contributed by atoms with Gasteiger partial charge in [0, 0.05) is 22.6 Å². The molecule has 0 saturated heterocycles. The molecule has 0 atom stereocenters. The van der Waals surface area contributed by atoms with Crippen LogP contribution in [0.15, 0.2) is 53.0 Å². The summed E-state index contributed by atoms with van der Waals surface area (Å²) in [6.45, 7) is 3.46. The minimum Gasteiger partial charge on any atom is -0.452 e. The van der Waals surface area contributed by atoms with E-state index in [0.717, 1.165) is 10.0 Å². The lowest BCUT2D eigenvalue weighted by molar-refractivity contribution is -0.125. The van der Waals surface area contributed by atoms with E-state index >= 15 is 0 Å². The van der Waals surface area contributed by atoms with Crippen LogP contribution < -0.4 is 21.5 Å². The summed E-state index contributed by atoms with van der Waals surface area (Å²) in [4.78, 5) is 47.4. The van der Waals surface area contributed by atoms with Crippen LogP contribution in [0.1, 0.15) is 40.1 Å². The number of amides is 4. The zero-order chi connectivity index (χ0) is 22.8. The Bertz CT molecular complexity index is 930. The molecule has 0 spiro atoms. The van der Waals surface area contributed by atoms with Gasteiger partial charge in [-0.15, -0.1) is 0 Å². The molecule has 4 amide bonds. The minimum atomic E-state index is -0.688. The summed E-state index contributed by atoms with van der Waals surface area (Å²) in [5, 5.41) is 5.41. The van der Waals surface area contributed by atoms with E-state index in [1.165, 1.54) is 12.1 Å². The van der Waals surface area contributed by atoms with Gasteiger partial charge in [0.2, 0.25) is 0 Å². The van der Waals surface area contributed by atoms with Crippen LogP contribution >= 0.6 is 15.9 Å². The van der Waals surface area contributed by atoms with Crippen LogP contribution in [-0.2, 0) is 16.1 Å². The zero-order valence-electron chi connectivity index (χ0n) is 17.0. The molecule has 0 aliphatic heterocycles. The average molecular weight is 491 g/mol. The number of rotatable bonds is 7. The van der Waals surface area contributed by atoms with Crippen LogP contribution in [0, 0.1) is 0 Å². The van der Waals surface area contributed by atoms with Crippen LogP contribution in [0.4, 0.5) is 4.79 Å². The van der Waals surface area contributed by atoms with E-state index in [4.69, 9.17) is 4.74 Å². The minimum absolute atomic E-state index is 0.0310. The van der Waals surface area contributed by atoms with Crippen molar-refractivity contribution in [2.24, 2.45) is 0 Å². The van der Waals surface area contributed by atoms with Gasteiger partial charge in [-0.1, -0.05) is 28.1 Å². The third-order valence-electron chi connectivity index (χ3n) is 3.82. The molecule has 0 aliphatic carbocycles. The van der Waals surface area contributed by atoms with Crippen molar-refractivity contribution in [1.82, 2.24) is 21.5 Å². The third-order valence-corrected chi connectivity index (χ3v) is 4.35. The van der Waals surface area contributed by atoms with Crippen LogP contribution in [0.3, 0.4) is 0 Å². The second-order valence-corrected chi connectivity index (χ2v) is 7.68. The first-order chi connectivity index (χ1) is 14.7. The molecule has 0 bridgehead atoms. The number of ether oxygens (including phenoxy) is 1. The summed E-state index contributed by atoms with van der Waals surface area (Å²) >= 11 is 3.27. The molecule has 0 radical (unpaired) electrons. The van der Waals surface area contributed by atoms with Crippen molar-refractivity contribution >= 4 is 39.7 Å². The highest BCUT2D eigenvalue weighted by Crippen LogP contribution is 2.10. The van der Waals surface area contributed by atoms with E-state index < -0.39 is 24.4 Å². The topological polar surface area (TPSA) is 126 Å². The summed E-state index contributed by atoms with van der Waals surface area (Å²) in [5.41, 5.74) is 5.82. The summed E-state index contributed by atoms with van der Waals surface area (Å²) in [6.07, 6.45) is 0. The Kier molecular flexibility index (Phi) is 9.01. The number of carbonyl (C=O) groups is 4. The zero-order valence-corrected chi connectivity index (χ0v) is 18.6. The van der Waals surface area contributed by atoms with Gasteiger partial charge in [0.05, 0.1) is 5.56 Å². The lowest BCUT2D eigenvalue weighted by atomic mass is 10.1. The van der Waals surface area contributed by atoms with Gasteiger partial charge in [-0.3, -0.25) is 20.4 Å². The number of halogens is 1. The van der Waals surface area contributed by atoms with E-state index in [9.17, 15) is 19.2 Å². The molecule has 0 aliphatic rings. The SMILES string of the molecule is CC(C)NC(=O)NCc1ccc(C(=O)OCC(=O)NNC(=O)c2ccc(Br)cc2)cc1. The predicted octanol–water partition coefficient (Wildman–Crippen LogP) is 2.27. The van der Waals surface area contributed by atoms with E-state index in [1.807, 2.05) is 13.8 Å². The monoisotopic (exact) mass is 490 g/mol. The average Bonchev–Trinajstić information content (AvgIpc) is 2.74. The van der Waals surface area contributed by atoms with Crippen molar-refractivity contribution in [3.8, 4) is 0 Å². The number of benzene rings is 2. The molecule has 10 heteroatoms. The number of carbonyl (C=O) groups excluding carboxylic acids is 4. The van der Waals surface area contributed by atoms with E-state index in [0.29, 0.717) is 12.1 Å². The Morgan fingerprint density at radius 2 is 1.52 bits per heavy atom. The summed E-state index contributed by atoms with van der Waals surface area (Å²) < 4.78 is 5.76. The Morgan fingerprint density at radius 3 is 2.13 bits per heavy atom. The van der Waals surface area contributed by atoms with Crippen molar-refractivity contribution in [3.05, 3.63) is 69.7 Å². The van der Waals surface area contributed by atoms with Crippen molar-refractivity contribution < 1.29 is 23.9 Å². The number of hydrogen-bond acceptors (Lipinski definition) is 5. The molecule has 164 valence electrons. The number of urea groups is 1. The smallest absolute Gasteiger partial charge is 0.338 e. The molecular weight excluding hydrogens is 468 g/mol. The Hall–Kier alpha value is -3.40. The van der Waals surface area contributed by atoms with Crippen molar-refractivity contribution in [3.63, 3.8) is 0 Å². The fraction of sp³-hybridized carbons (Fsp3) is 0.238. The van der Waals surface area contributed by atoms with Gasteiger partial charge in [-0.2, -0.15) is 0 Å². The largest absolute Gasteiger partial charge is 0.452 e. The van der Waals surface area contributed by atoms with E-state index in [1.54, 1.807) is 36.4 Å². The molecule has 0 saturated carbocycles. The maximum Gasteiger partial charge on any atom is 0.338 e. The third kappa shape index (κ3) is 8.47. The van der Waals surface area contributed by atoms with Gasteiger partial charge >= 0.3 is 12.0 Å². The van der Waals surface area contributed by atoms with Crippen molar-refractivity contribution in [2.45, 2.75) is 26.4 Å². The van der Waals surface area contributed by atoms with Crippen molar-refractivity contribution in [2.75, 3.05) is 6.61 Å². The Labute approximate surface area is 188 Å². The highest BCUT2D eigenvalue weighted by Gasteiger charge is 2.12. The fourth-order valence-corrected chi connectivity index (χ4v) is 2.57. The number of esters is 1. The molecule has 0 aromatic heterocycles. The van der Waals surface area contributed by atoms with E-state index in [-0.39, 0.29) is 17.6 Å². The molecular formula is C21H23BrN4O5.